The van der Waals surface area contributed by atoms with Gasteiger partial charge in [-0.2, -0.15) is 39.5 Å². The third-order valence-corrected chi connectivity index (χ3v) is 13.8. The first-order chi connectivity index (χ1) is 27.4. The van der Waals surface area contributed by atoms with Crippen molar-refractivity contribution in [1.82, 2.24) is 4.72 Å². The van der Waals surface area contributed by atoms with Crippen molar-refractivity contribution in [3.05, 3.63) is 0 Å². The van der Waals surface area contributed by atoms with Crippen molar-refractivity contribution in [3.63, 3.8) is 0 Å². The molecule has 0 saturated heterocycles. The minimum absolute atomic E-state index is 0.109. The summed E-state index contributed by atoms with van der Waals surface area (Å²) in [6.45, 7) is 4.72. The number of hydrogen-bond donors (Lipinski definition) is 2. The molecule has 354 valence electrons. The molecule has 0 amide bonds. The Morgan fingerprint density at radius 2 is 1.33 bits per heavy atom. The SMILES string of the molecule is CCC(CC(C)(CC(C)C(=O)OCC(=O)C(C)C(F)(F)F)C(=O)OCC(C)(C)CNS(C)(=O)=O)(C(=O)OC(CCC(C)(O)C(F)(F)F)C12CC3CC(CC(C3)C1)C2)C(F)(F)F. The van der Waals surface area contributed by atoms with E-state index < -0.39 is 143 Å². The second kappa shape index (κ2) is 18.4. The summed E-state index contributed by atoms with van der Waals surface area (Å²) in [7, 11) is -3.75. The van der Waals surface area contributed by atoms with E-state index in [9.17, 15) is 59.0 Å². The number of halogens is 9. The molecule has 2 N–H and O–H groups in total. The van der Waals surface area contributed by atoms with Crippen LogP contribution in [0.2, 0.25) is 0 Å². The number of nitrogens with one attached hydrogen (secondary N) is 1. The number of carbonyl (C=O) groups excluding carboxylic acids is 4. The maximum atomic E-state index is 15.7. The Bertz CT molecular complexity index is 1680. The minimum Gasteiger partial charge on any atom is -0.465 e. The van der Waals surface area contributed by atoms with Crippen molar-refractivity contribution in [3.8, 4) is 0 Å². The highest BCUT2D eigenvalue weighted by atomic mass is 32.2. The van der Waals surface area contributed by atoms with Crippen molar-refractivity contribution < 1.29 is 86.4 Å². The molecule has 0 spiro atoms. The molecule has 61 heavy (non-hydrogen) atoms. The van der Waals surface area contributed by atoms with Gasteiger partial charge in [0.25, 0.3) is 0 Å². The number of hydrogen-bond acceptors (Lipinski definition) is 10. The average Bonchev–Trinajstić information content (AvgIpc) is 3.09. The van der Waals surface area contributed by atoms with Gasteiger partial charge in [0.15, 0.2) is 23.4 Å². The van der Waals surface area contributed by atoms with E-state index in [4.69, 9.17) is 14.2 Å². The molecular formula is C40H60F9NO10S. The van der Waals surface area contributed by atoms with Gasteiger partial charge in [0, 0.05) is 17.4 Å². The molecule has 4 bridgehead atoms. The van der Waals surface area contributed by atoms with E-state index in [2.05, 4.69) is 4.72 Å². The zero-order valence-corrected chi connectivity index (χ0v) is 36.6. The van der Waals surface area contributed by atoms with Crippen LogP contribution in [0, 0.1) is 51.2 Å². The fraction of sp³-hybridized carbons (Fsp3) is 0.900. The Balaban J connectivity index is 2.05. The zero-order chi connectivity index (χ0) is 47.0. The lowest BCUT2D eigenvalue weighted by atomic mass is 9.47. The van der Waals surface area contributed by atoms with Crippen LogP contribution < -0.4 is 4.72 Å². The summed E-state index contributed by atoms with van der Waals surface area (Å²) in [5.74, 6) is -9.99. The van der Waals surface area contributed by atoms with Gasteiger partial charge in [-0.3, -0.25) is 19.2 Å². The number of aliphatic hydroxyl groups is 1. The fourth-order valence-electron chi connectivity index (χ4n) is 9.67. The number of rotatable bonds is 21. The van der Waals surface area contributed by atoms with Gasteiger partial charge in [0.2, 0.25) is 10.0 Å². The summed E-state index contributed by atoms with van der Waals surface area (Å²) in [5, 5.41) is 10.4. The number of ketones is 1. The van der Waals surface area contributed by atoms with E-state index in [1.54, 1.807) is 0 Å². The first kappa shape index (κ1) is 52.7. The minimum atomic E-state index is -5.51. The molecule has 6 unspecified atom stereocenters. The van der Waals surface area contributed by atoms with Crippen molar-refractivity contribution in [1.29, 1.82) is 0 Å². The Morgan fingerprint density at radius 1 is 0.820 bits per heavy atom. The number of esters is 3. The smallest absolute Gasteiger partial charge is 0.416 e. The molecule has 4 aliphatic rings. The van der Waals surface area contributed by atoms with Crippen LogP contribution in [0.3, 0.4) is 0 Å². The number of ether oxygens (including phenoxy) is 3. The van der Waals surface area contributed by atoms with Gasteiger partial charge in [-0.15, -0.1) is 0 Å². The van der Waals surface area contributed by atoms with Gasteiger partial charge in [-0.1, -0.05) is 27.7 Å². The standard InChI is InChI=1S/C40H60F9NO10S/c1-9-37(40(47,48)49,32(54)60-29(10-11-35(7,55)39(44,45)46)36-16-25-12-26(17-36)14-27(13-25)18-36)20-34(6,31(53)59-22-33(4,5)21-50-61(8,56)57)15-23(2)30(52)58-19-28(51)24(3)38(41,42)43/h23-27,29,50,55H,9-22H2,1-8H3. The van der Waals surface area contributed by atoms with Gasteiger partial charge in [-0.05, 0) is 109 Å². The Morgan fingerprint density at radius 3 is 1.75 bits per heavy atom. The van der Waals surface area contributed by atoms with E-state index in [-0.39, 0.29) is 24.3 Å². The molecule has 11 nitrogen and oxygen atoms in total. The topological polar surface area (TPSA) is 162 Å². The lowest BCUT2D eigenvalue weighted by molar-refractivity contribution is -0.262. The zero-order valence-electron chi connectivity index (χ0n) is 35.8. The molecule has 0 aromatic carbocycles. The van der Waals surface area contributed by atoms with Crippen LogP contribution in [0.25, 0.3) is 0 Å². The molecule has 0 aliphatic heterocycles. The van der Waals surface area contributed by atoms with Crippen LogP contribution in [-0.2, 0) is 43.4 Å². The van der Waals surface area contributed by atoms with E-state index in [1.807, 2.05) is 0 Å². The molecule has 0 radical (unpaired) electrons. The maximum Gasteiger partial charge on any atom is 0.416 e. The van der Waals surface area contributed by atoms with Crippen LogP contribution in [0.1, 0.15) is 119 Å². The Hall–Kier alpha value is -2.68. The van der Waals surface area contributed by atoms with Gasteiger partial charge in [-0.25, -0.2) is 13.1 Å². The first-order valence-corrected chi connectivity index (χ1v) is 22.3. The fourth-order valence-corrected chi connectivity index (χ4v) is 10.3. The van der Waals surface area contributed by atoms with Crippen molar-refractivity contribution >= 4 is 33.7 Å². The molecule has 21 heteroatoms. The predicted molar refractivity (Wildman–Crippen MR) is 200 cm³/mol. The summed E-state index contributed by atoms with van der Waals surface area (Å²) < 4.78 is 170. The van der Waals surface area contributed by atoms with Crippen LogP contribution in [0.15, 0.2) is 0 Å². The number of alkyl halides is 9. The Kier molecular flexibility index (Phi) is 15.9. The van der Waals surface area contributed by atoms with Gasteiger partial charge < -0.3 is 19.3 Å². The van der Waals surface area contributed by atoms with Crippen LogP contribution >= 0.6 is 0 Å². The van der Waals surface area contributed by atoms with E-state index in [0.29, 0.717) is 33.1 Å². The molecule has 0 aromatic heterocycles. The highest BCUT2D eigenvalue weighted by Crippen LogP contribution is 2.63. The molecule has 4 fully saturated rings. The van der Waals surface area contributed by atoms with Crippen LogP contribution in [0.5, 0.6) is 0 Å². The molecule has 6 atom stereocenters. The molecule has 0 aromatic rings. The van der Waals surface area contributed by atoms with Crippen molar-refractivity contribution in [2.45, 2.75) is 149 Å². The van der Waals surface area contributed by atoms with Gasteiger partial charge in [0.1, 0.15) is 12.0 Å². The third kappa shape index (κ3) is 13.0. The number of sulfonamides is 1. The normalized spacial score (nSPS) is 26.6. The van der Waals surface area contributed by atoms with Gasteiger partial charge in [0.05, 0.1) is 24.2 Å². The van der Waals surface area contributed by atoms with Crippen molar-refractivity contribution in [2.24, 2.45) is 51.2 Å². The summed E-state index contributed by atoms with van der Waals surface area (Å²) in [5.41, 5.74) is -11.5. The third-order valence-electron chi connectivity index (χ3n) is 13.1. The average molecular weight is 918 g/mol. The summed E-state index contributed by atoms with van der Waals surface area (Å²) >= 11 is 0. The van der Waals surface area contributed by atoms with E-state index >= 15 is 13.2 Å². The lowest BCUT2D eigenvalue weighted by Gasteiger charge is -2.59. The molecule has 4 rings (SSSR count). The molecule has 4 saturated carbocycles. The first-order valence-electron chi connectivity index (χ1n) is 20.4. The lowest BCUT2D eigenvalue weighted by Crippen LogP contribution is -2.56. The summed E-state index contributed by atoms with van der Waals surface area (Å²) in [6, 6.07) is 0. The highest BCUT2D eigenvalue weighted by molar-refractivity contribution is 7.88. The molecular weight excluding hydrogens is 857 g/mol. The summed E-state index contributed by atoms with van der Waals surface area (Å²) in [6.07, 6.45) is -17.7. The predicted octanol–water partition coefficient (Wildman–Crippen LogP) is 8.02. The maximum absolute atomic E-state index is 15.7. The van der Waals surface area contributed by atoms with E-state index in [1.165, 1.54) is 13.8 Å². The molecule has 0 heterocycles. The van der Waals surface area contributed by atoms with E-state index in [0.717, 1.165) is 46.3 Å². The highest BCUT2D eigenvalue weighted by Gasteiger charge is 2.65. The van der Waals surface area contributed by atoms with Crippen LogP contribution in [0.4, 0.5) is 39.5 Å². The summed E-state index contributed by atoms with van der Waals surface area (Å²) in [4.78, 5) is 53.7. The quantitative estimate of drug-likeness (QED) is 0.0656. The second-order valence-electron chi connectivity index (χ2n) is 19.4. The Labute approximate surface area is 351 Å². The number of carbonyl (C=O) groups is 4. The largest absolute Gasteiger partial charge is 0.465 e. The van der Waals surface area contributed by atoms with Crippen LogP contribution in [-0.4, -0.2) is 93.5 Å². The number of Topliss-reactive ketones (excluding diaryl/α,β-unsaturated/α-hetero) is 1. The second-order valence-corrected chi connectivity index (χ2v) is 21.3. The van der Waals surface area contributed by atoms with Gasteiger partial charge >= 0.3 is 36.4 Å². The van der Waals surface area contributed by atoms with Crippen molar-refractivity contribution in [2.75, 3.05) is 26.0 Å². The molecule has 4 aliphatic carbocycles. The monoisotopic (exact) mass is 917 g/mol.